The van der Waals surface area contributed by atoms with Crippen LogP contribution in [-0.2, 0) is 4.74 Å². The Morgan fingerprint density at radius 3 is 2.67 bits per heavy atom. The zero-order valence-corrected chi connectivity index (χ0v) is 9.51. The van der Waals surface area contributed by atoms with Gasteiger partial charge in [0.2, 0.25) is 0 Å². The van der Waals surface area contributed by atoms with Gasteiger partial charge in [-0.15, -0.1) is 0 Å². The van der Waals surface area contributed by atoms with E-state index in [0.717, 1.165) is 11.3 Å². The first-order valence-electron chi connectivity index (χ1n) is 5.20. The Balaban J connectivity index is 2.37. The third-order valence-corrected chi connectivity index (χ3v) is 1.92. The summed E-state index contributed by atoms with van der Waals surface area (Å²) in [6.45, 7) is 7.19. The minimum Gasteiger partial charge on any atom is -0.383 e. The Morgan fingerprint density at radius 2 is 2.07 bits per heavy atom. The smallest absolute Gasteiger partial charge is 0.125 e. The van der Waals surface area contributed by atoms with Crippen LogP contribution in [0.25, 0.3) is 0 Å². The van der Waals surface area contributed by atoms with Gasteiger partial charge in [0.15, 0.2) is 0 Å². The average molecular weight is 211 g/mol. The molecule has 0 atom stereocenters. The molecular formula is C12H18FNO. The highest BCUT2D eigenvalue weighted by atomic mass is 19.1. The predicted molar refractivity (Wildman–Crippen MR) is 60.7 cm³/mol. The first kappa shape index (κ1) is 12.0. The second kappa shape index (κ2) is 5.71. The molecule has 0 amide bonds. The maximum atomic E-state index is 13.0. The maximum Gasteiger partial charge on any atom is 0.125 e. The van der Waals surface area contributed by atoms with E-state index in [2.05, 4.69) is 5.32 Å². The minimum absolute atomic E-state index is 0.206. The van der Waals surface area contributed by atoms with Crippen molar-refractivity contribution in [3.8, 4) is 0 Å². The van der Waals surface area contributed by atoms with Crippen LogP contribution in [0.5, 0.6) is 0 Å². The van der Waals surface area contributed by atoms with Gasteiger partial charge in [0.1, 0.15) is 5.82 Å². The number of hydrogen-bond donors (Lipinski definition) is 1. The van der Waals surface area contributed by atoms with Crippen LogP contribution in [-0.4, -0.2) is 19.3 Å². The highest BCUT2D eigenvalue weighted by Crippen LogP contribution is 2.12. The van der Waals surface area contributed by atoms with Gasteiger partial charge in [-0.2, -0.15) is 0 Å². The van der Waals surface area contributed by atoms with Crippen molar-refractivity contribution in [3.05, 3.63) is 29.6 Å². The molecule has 84 valence electrons. The van der Waals surface area contributed by atoms with Crippen LogP contribution in [0.3, 0.4) is 0 Å². The lowest BCUT2D eigenvalue weighted by atomic mass is 10.2. The molecule has 0 radical (unpaired) electrons. The molecule has 1 aromatic rings. The molecule has 0 unspecified atom stereocenters. The monoisotopic (exact) mass is 211 g/mol. The van der Waals surface area contributed by atoms with Crippen molar-refractivity contribution in [1.29, 1.82) is 0 Å². The molecule has 3 heteroatoms. The van der Waals surface area contributed by atoms with E-state index in [1.165, 1.54) is 12.1 Å². The third kappa shape index (κ3) is 4.79. The topological polar surface area (TPSA) is 21.3 Å². The van der Waals surface area contributed by atoms with E-state index in [4.69, 9.17) is 4.74 Å². The van der Waals surface area contributed by atoms with Crippen molar-refractivity contribution < 1.29 is 9.13 Å². The lowest BCUT2D eigenvalue weighted by Crippen LogP contribution is -2.13. The first-order chi connectivity index (χ1) is 7.08. The molecule has 0 aromatic heterocycles. The summed E-state index contributed by atoms with van der Waals surface area (Å²) in [6, 6.07) is 4.91. The molecule has 1 aromatic carbocycles. The van der Waals surface area contributed by atoms with Gasteiger partial charge in [-0.25, -0.2) is 4.39 Å². The number of nitrogens with one attached hydrogen (secondary N) is 1. The maximum absolute atomic E-state index is 13.0. The second-order valence-corrected chi connectivity index (χ2v) is 3.86. The Morgan fingerprint density at radius 1 is 1.33 bits per heavy atom. The van der Waals surface area contributed by atoms with Crippen LogP contribution in [0.15, 0.2) is 18.2 Å². The van der Waals surface area contributed by atoms with Crippen molar-refractivity contribution in [2.45, 2.75) is 26.9 Å². The van der Waals surface area contributed by atoms with E-state index in [-0.39, 0.29) is 11.9 Å². The molecular weight excluding hydrogens is 193 g/mol. The standard InChI is InChI=1S/C12H18FNO/c1-9(2)15-5-4-14-12-7-10(3)6-11(13)8-12/h6-9,14H,4-5H2,1-3H3. The fourth-order valence-electron chi connectivity index (χ4n) is 1.33. The predicted octanol–water partition coefficient (Wildman–Crippen LogP) is 2.97. The first-order valence-corrected chi connectivity index (χ1v) is 5.20. The molecule has 0 bridgehead atoms. The number of halogens is 1. The largest absolute Gasteiger partial charge is 0.383 e. The van der Waals surface area contributed by atoms with Crippen molar-refractivity contribution in [2.75, 3.05) is 18.5 Å². The molecule has 1 rings (SSSR count). The van der Waals surface area contributed by atoms with Gasteiger partial charge in [0.25, 0.3) is 0 Å². The van der Waals surface area contributed by atoms with Crippen LogP contribution in [0.2, 0.25) is 0 Å². The zero-order valence-electron chi connectivity index (χ0n) is 9.51. The van der Waals surface area contributed by atoms with Gasteiger partial charge in [-0.1, -0.05) is 0 Å². The molecule has 15 heavy (non-hydrogen) atoms. The summed E-state index contributed by atoms with van der Waals surface area (Å²) in [4.78, 5) is 0. The van der Waals surface area contributed by atoms with E-state index in [0.29, 0.717) is 13.2 Å². The van der Waals surface area contributed by atoms with Gasteiger partial charge in [0.05, 0.1) is 12.7 Å². The fourth-order valence-corrected chi connectivity index (χ4v) is 1.33. The number of ether oxygens (including phenoxy) is 1. The van der Waals surface area contributed by atoms with Crippen molar-refractivity contribution in [3.63, 3.8) is 0 Å². The lowest BCUT2D eigenvalue weighted by Gasteiger charge is -2.10. The molecule has 0 aliphatic carbocycles. The fraction of sp³-hybridized carbons (Fsp3) is 0.500. The Hall–Kier alpha value is -1.09. The van der Waals surface area contributed by atoms with Crippen LogP contribution in [0.1, 0.15) is 19.4 Å². The van der Waals surface area contributed by atoms with Crippen LogP contribution in [0.4, 0.5) is 10.1 Å². The van der Waals surface area contributed by atoms with Gasteiger partial charge < -0.3 is 10.1 Å². The van der Waals surface area contributed by atoms with Crippen molar-refractivity contribution >= 4 is 5.69 Å². The Labute approximate surface area is 90.4 Å². The second-order valence-electron chi connectivity index (χ2n) is 3.86. The summed E-state index contributed by atoms with van der Waals surface area (Å²) in [7, 11) is 0. The summed E-state index contributed by atoms with van der Waals surface area (Å²) < 4.78 is 18.4. The summed E-state index contributed by atoms with van der Waals surface area (Å²) >= 11 is 0. The molecule has 0 fully saturated rings. The van der Waals surface area contributed by atoms with Crippen LogP contribution in [0, 0.1) is 12.7 Å². The number of benzene rings is 1. The average Bonchev–Trinajstić information content (AvgIpc) is 2.10. The molecule has 2 nitrogen and oxygen atoms in total. The lowest BCUT2D eigenvalue weighted by molar-refractivity contribution is 0.0870. The minimum atomic E-state index is -0.206. The van der Waals surface area contributed by atoms with E-state index < -0.39 is 0 Å². The van der Waals surface area contributed by atoms with E-state index >= 15 is 0 Å². The normalized spacial score (nSPS) is 10.7. The molecule has 0 saturated heterocycles. The van der Waals surface area contributed by atoms with Crippen LogP contribution < -0.4 is 5.32 Å². The molecule has 0 spiro atoms. The molecule has 0 saturated carbocycles. The summed E-state index contributed by atoms with van der Waals surface area (Å²) in [5.74, 6) is -0.206. The highest BCUT2D eigenvalue weighted by molar-refractivity contribution is 5.45. The summed E-state index contributed by atoms with van der Waals surface area (Å²) in [5.41, 5.74) is 1.72. The van der Waals surface area contributed by atoms with Gasteiger partial charge >= 0.3 is 0 Å². The number of aryl methyl sites for hydroxylation is 1. The third-order valence-electron chi connectivity index (χ3n) is 1.92. The van der Waals surface area contributed by atoms with Gasteiger partial charge in [-0.3, -0.25) is 0 Å². The molecule has 0 aliphatic rings. The number of hydrogen-bond acceptors (Lipinski definition) is 2. The molecule has 0 heterocycles. The highest BCUT2D eigenvalue weighted by Gasteiger charge is 1.97. The quantitative estimate of drug-likeness (QED) is 0.756. The van der Waals surface area contributed by atoms with Crippen LogP contribution >= 0.6 is 0 Å². The van der Waals surface area contributed by atoms with Gasteiger partial charge in [0, 0.05) is 12.2 Å². The van der Waals surface area contributed by atoms with Gasteiger partial charge in [-0.05, 0) is 44.5 Å². The van der Waals surface area contributed by atoms with Crippen molar-refractivity contribution in [2.24, 2.45) is 0 Å². The molecule has 1 N–H and O–H groups in total. The molecule has 0 aliphatic heterocycles. The summed E-state index contributed by atoms with van der Waals surface area (Å²) in [5, 5.41) is 3.12. The zero-order chi connectivity index (χ0) is 11.3. The Bertz CT molecular complexity index is 292. The van der Waals surface area contributed by atoms with E-state index in [1.54, 1.807) is 0 Å². The number of rotatable bonds is 5. The van der Waals surface area contributed by atoms with E-state index in [1.807, 2.05) is 26.8 Å². The number of anilines is 1. The van der Waals surface area contributed by atoms with E-state index in [9.17, 15) is 4.39 Å². The summed E-state index contributed by atoms with van der Waals surface area (Å²) in [6.07, 6.45) is 0.237. The van der Waals surface area contributed by atoms with Crippen molar-refractivity contribution in [1.82, 2.24) is 0 Å². The Kier molecular flexibility index (Phi) is 4.56. The SMILES string of the molecule is Cc1cc(F)cc(NCCOC(C)C)c1.